The average Bonchev–Trinajstić information content (AvgIpc) is 3.42. The van der Waals surface area contributed by atoms with Crippen LogP contribution in [0.15, 0.2) is 42.7 Å². The summed E-state index contributed by atoms with van der Waals surface area (Å²) in [6, 6.07) is 9.26. The lowest BCUT2D eigenvalue weighted by Gasteiger charge is -2.22. The van der Waals surface area contributed by atoms with Gasteiger partial charge in [0.2, 0.25) is 0 Å². The lowest BCUT2D eigenvalue weighted by atomic mass is 10.1. The maximum atomic E-state index is 12.8. The third kappa shape index (κ3) is 4.02. The molecular formula is C22H21N5O4S. The molecule has 164 valence electrons. The molecule has 4 aromatic rings. The van der Waals surface area contributed by atoms with Crippen molar-refractivity contribution in [3.05, 3.63) is 42.7 Å². The number of pyridine rings is 1. The summed E-state index contributed by atoms with van der Waals surface area (Å²) in [5, 5.41) is 5.73. The molecule has 9 nitrogen and oxygen atoms in total. The topological polar surface area (TPSA) is 107 Å². The van der Waals surface area contributed by atoms with Crippen LogP contribution in [-0.2, 0) is 9.47 Å². The number of hydrogen-bond donors (Lipinski definition) is 2. The van der Waals surface area contributed by atoms with Gasteiger partial charge >= 0.3 is 12.1 Å². The highest BCUT2D eigenvalue weighted by Gasteiger charge is 2.20. The second-order valence-electron chi connectivity index (χ2n) is 7.42. The summed E-state index contributed by atoms with van der Waals surface area (Å²) in [6.45, 7) is 1.22. The molecule has 4 heterocycles. The third-order valence-electron chi connectivity index (χ3n) is 5.34. The molecule has 0 aliphatic carbocycles. The molecule has 1 saturated heterocycles. The van der Waals surface area contributed by atoms with Crippen molar-refractivity contribution < 1.29 is 19.1 Å². The molecule has 0 atom stereocenters. The minimum absolute atomic E-state index is 0.129. The average molecular weight is 452 g/mol. The van der Waals surface area contributed by atoms with Crippen LogP contribution < -0.4 is 10.6 Å². The monoisotopic (exact) mass is 451 g/mol. The van der Waals surface area contributed by atoms with Crippen molar-refractivity contribution in [2.75, 3.05) is 25.6 Å². The van der Waals surface area contributed by atoms with Crippen molar-refractivity contribution in [1.29, 1.82) is 0 Å². The number of carbonyl (C=O) groups is 2. The number of amides is 2. The van der Waals surface area contributed by atoms with E-state index in [0.717, 1.165) is 21.3 Å². The number of aromatic nitrogens is 3. The Labute approximate surface area is 187 Å². The predicted octanol–water partition coefficient (Wildman–Crippen LogP) is 4.23. The summed E-state index contributed by atoms with van der Waals surface area (Å²) in [5.74, 6) is 0. The second kappa shape index (κ2) is 8.56. The number of ether oxygens (including phenoxy) is 2. The summed E-state index contributed by atoms with van der Waals surface area (Å²) in [4.78, 5) is 33.2. The van der Waals surface area contributed by atoms with Crippen molar-refractivity contribution in [2.24, 2.45) is 0 Å². The van der Waals surface area contributed by atoms with Gasteiger partial charge in [-0.2, -0.15) is 0 Å². The van der Waals surface area contributed by atoms with E-state index < -0.39 is 6.09 Å². The Bertz CT molecular complexity index is 1310. The highest BCUT2D eigenvalue weighted by molar-refractivity contribution is 7.22. The predicted molar refractivity (Wildman–Crippen MR) is 122 cm³/mol. The number of anilines is 1. The van der Waals surface area contributed by atoms with Crippen LogP contribution in [0.2, 0.25) is 0 Å². The summed E-state index contributed by atoms with van der Waals surface area (Å²) in [7, 11) is 1.55. The third-order valence-corrected chi connectivity index (χ3v) is 6.27. The lowest BCUT2D eigenvalue weighted by Crippen LogP contribution is -2.27. The minimum atomic E-state index is -0.409. The summed E-state index contributed by atoms with van der Waals surface area (Å²) in [5.41, 5.74) is 4.00. The summed E-state index contributed by atoms with van der Waals surface area (Å²) in [6.07, 6.45) is 4.35. The number of benzene rings is 1. The molecule has 32 heavy (non-hydrogen) atoms. The van der Waals surface area contributed by atoms with E-state index in [2.05, 4.69) is 20.6 Å². The number of nitrogens with zero attached hydrogens (tertiary/aromatic N) is 3. The van der Waals surface area contributed by atoms with Crippen molar-refractivity contribution >= 4 is 49.8 Å². The standard InChI is InChI=1S/C22H21N5O4S/c1-23-20(28)26-21-25-17-3-2-13(11-19(17)32-21)14-10-18-16(24-12-14)4-7-27(18)22(29)31-15-5-8-30-9-6-15/h2-4,7,10-12,15H,5-6,8-9H2,1H3,(H2,23,25,26,28). The molecule has 2 amide bonds. The van der Waals surface area contributed by atoms with Gasteiger partial charge < -0.3 is 14.8 Å². The number of thiazole rings is 1. The fourth-order valence-electron chi connectivity index (χ4n) is 3.64. The van der Waals surface area contributed by atoms with Gasteiger partial charge in [-0.15, -0.1) is 0 Å². The van der Waals surface area contributed by atoms with Crippen LogP contribution in [-0.4, -0.2) is 53.0 Å². The van der Waals surface area contributed by atoms with Crippen LogP contribution in [0.3, 0.4) is 0 Å². The maximum Gasteiger partial charge on any atom is 0.418 e. The van der Waals surface area contributed by atoms with E-state index in [1.165, 1.54) is 15.9 Å². The molecule has 1 aliphatic heterocycles. The number of carbonyl (C=O) groups excluding carboxylic acids is 2. The first-order chi connectivity index (χ1) is 15.6. The summed E-state index contributed by atoms with van der Waals surface area (Å²) < 4.78 is 13.4. The van der Waals surface area contributed by atoms with Crippen LogP contribution >= 0.6 is 11.3 Å². The van der Waals surface area contributed by atoms with Gasteiger partial charge in [-0.1, -0.05) is 17.4 Å². The lowest BCUT2D eigenvalue weighted by molar-refractivity contribution is 0.00231. The van der Waals surface area contributed by atoms with Gasteiger partial charge in [0.15, 0.2) is 5.13 Å². The minimum Gasteiger partial charge on any atom is -0.445 e. The molecular weight excluding hydrogens is 430 g/mol. The first-order valence-corrected chi connectivity index (χ1v) is 11.1. The fourth-order valence-corrected chi connectivity index (χ4v) is 4.54. The van der Waals surface area contributed by atoms with Gasteiger partial charge in [0.1, 0.15) is 6.10 Å². The van der Waals surface area contributed by atoms with Gasteiger partial charge in [-0.25, -0.2) is 14.6 Å². The molecule has 10 heteroatoms. The smallest absolute Gasteiger partial charge is 0.418 e. The van der Waals surface area contributed by atoms with E-state index in [0.29, 0.717) is 42.2 Å². The zero-order valence-corrected chi connectivity index (χ0v) is 18.1. The molecule has 0 unspecified atom stereocenters. The summed E-state index contributed by atoms with van der Waals surface area (Å²) >= 11 is 1.39. The zero-order chi connectivity index (χ0) is 22.1. The van der Waals surface area contributed by atoms with Gasteiger partial charge in [-0.05, 0) is 29.8 Å². The Kier molecular flexibility index (Phi) is 5.46. The van der Waals surface area contributed by atoms with Crippen LogP contribution in [0.25, 0.3) is 32.4 Å². The highest BCUT2D eigenvalue weighted by atomic mass is 32.1. The van der Waals surface area contributed by atoms with Crippen LogP contribution in [0.4, 0.5) is 14.7 Å². The van der Waals surface area contributed by atoms with Crippen molar-refractivity contribution in [1.82, 2.24) is 19.9 Å². The van der Waals surface area contributed by atoms with Crippen LogP contribution in [0, 0.1) is 0 Å². The largest absolute Gasteiger partial charge is 0.445 e. The van der Waals surface area contributed by atoms with E-state index >= 15 is 0 Å². The Morgan fingerprint density at radius 1 is 1.16 bits per heavy atom. The van der Waals surface area contributed by atoms with Crippen molar-refractivity contribution in [3.8, 4) is 11.1 Å². The molecule has 0 radical (unpaired) electrons. The SMILES string of the molecule is CNC(=O)Nc1nc2ccc(-c3cnc4ccn(C(=O)OC5CCOCC5)c4c3)cc2s1. The number of rotatable bonds is 3. The second-order valence-corrected chi connectivity index (χ2v) is 8.45. The Morgan fingerprint density at radius 2 is 2.00 bits per heavy atom. The van der Waals surface area contributed by atoms with E-state index in [-0.39, 0.29) is 12.1 Å². The molecule has 5 rings (SSSR count). The molecule has 1 aliphatic rings. The normalized spacial score (nSPS) is 14.5. The van der Waals surface area contributed by atoms with Crippen molar-refractivity contribution in [2.45, 2.75) is 18.9 Å². The molecule has 0 spiro atoms. The molecule has 3 aromatic heterocycles. The van der Waals surface area contributed by atoms with Crippen molar-refractivity contribution in [3.63, 3.8) is 0 Å². The Morgan fingerprint density at radius 3 is 2.81 bits per heavy atom. The molecule has 1 aromatic carbocycles. The van der Waals surface area contributed by atoms with Crippen LogP contribution in [0.1, 0.15) is 12.8 Å². The quantitative estimate of drug-likeness (QED) is 0.483. The van der Waals surface area contributed by atoms with Crippen LogP contribution in [0.5, 0.6) is 0 Å². The van der Waals surface area contributed by atoms with E-state index in [4.69, 9.17) is 9.47 Å². The highest BCUT2D eigenvalue weighted by Crippen LogP contribution is 2.31. The number of urea groups is 1. The number of hydrogen-bond acceptors (Lipinski definition) is 7. The number of fused-ring (bicyclic) bond motifs is 2. The molecule has 0 bridgehead atoms. The maximum absolute atomic E-state index is 12.8. The van der Waals surface area contributed by atoms with Gasteiger partial charge in [0.05, 0.1) is 34.5 Å². The van der Waals surface area contributed by atoms with E-state index in [1.807, 2.05) is 24.3 Å². The van der Waals surface area contributed by atoms with E-state index in [1.54, 1.807) is 25.5 Å². The van der Waals surface area contributed by atoms with Gasteiger partial charge in [0, 0.05) is 37.8 Å². The van der Waals surface area contributed by atoms with Gasteiger partial charge in [-0.3, -0.25) is 14.9 Å². The first-order valence-electron chi connectivity index (χ1n) is 10.3. The molecule has 1 fully saturated rings. The number of nitrogens with one attached hydrogen (secondary N) is 2. The van der Waals surface area contributed by atoms with E-state index in [9.17, 15) is 9.59 Å². The van der Waals surface area contributed by atoms with Gasteiger partial charge in [0.25, 0.3) is 0 Å². The molecule has 0 saturated carbocycles. The Hall–Kier alpha value is -3.50. The Balaban J connectivity index is 1.43. The first kappa shape index (κ1) is 20.4. The fraction of sp³-hybridized carbons (Fsp3) is 0.273. The zero-order valence-electron chi connectivity index (χ0n) is 17.3. The molecule has 2 N–H and O–H groups in total.